The zero-order valence-electron chi connectivity index (χ0n) is 12.1. The van der Waals surface area contributed by atoms with E-state index in [0.29, 0.717) is 12.3 Å². The molecule has 0 amide bonds. The first-order chi connectivity index (χ1) is 10.6. The molecule has 0 saturated heterocycles. The van der Waals surface area contributed by atoms with Gasteiger partial charge in [0.05, 0.1) is 17.2 Å². The monoisotopic (exact) mass is 296 g/mol. The van der Waals surface area contributed by atoms with Crippen molar-refractivity contribution >= 4 is 17.1 Å². The standard InChI is InChI=1S/C16H16N4O2/c1-19-10-15(17)18-16(11-5-3-2-4-6-11)13-9-12(20(21)22)7-8-14(13)19/h2-9,15H,10,17H2,1H3. The number of anilines is 1. The zero-order valence-corrected chi connectivity index (χ0v) is 12.1. The van der Waals surface area contributed by atoms with Gasteiger partial charge in [-0.05, 0) is 6.07 Å². The van der Waals surface area contributed by atoms with Crippen molar-refractivity contribution in [3.63, 3.8) is 0 Å². The van der Waals surface area contributed by atoms with Gasteiger partial charge in [-0.25, -0.2) is 0 Å². The molecule has 0 saturated carbocycles. The lowest BCUT2D eigenvalue weighted by atomic mass is 9.99. The molecule has 112 valence electrons. The van der Waals surface area contributed by atoms with Crippen LogP contribution in [-0.4, -0.2) is 30.4 Å². The minimum atomic E-state index is -0.395. The maximum atomic E-state index is 11.1. The van der Waals surface area contributed by atoms with Crippen molar-refractivity contribution in [1.29, 1.82) is 0 Å². The van der Waals surface area contributed by atoms with Gasteiger partial charge < -0.3 is 10.6 Å². The largest absolute Gasteiger partial charge is 0.371 e. The quantitative estimate of drug-likeness (QED) is 0.680. The van der Waals surface area contributed by atoms with Crippen LogP contribution in [0.5, 0.6) is 0 Å². The van der Waals surface area contributed by atoms with Crippen molar-refractivity contribution in [3.8, 4) is 0 Å². The molecule has 0 aromatic heterocycles. The SMILES string of the molecule is CN1CC(N)N=C(c2ccccc2)c2cc([N+](=O)[O-])ccc21. The van der Waals surface area contributed by atoms with E-state index < -0.39 is 4.92 Å². The van der Waals surface area contributed by atoms with Crippen molar-refractivity contribution in [3.05, 3.63) is 69.8 Å². The highest BCUT2D eigenvalue weighted by atomic mass is 16.6. The molecular formula is C16H16N4O2. The highest BCUT2D eigenvalue weighted by molar-refractivity contribution is 6.16. The van der Waals surface area contributed by atoms with Crippen LogP contribution >= 0.6 is 0 Å². The summed E-state index contributed by atoms with van der Waals surface area (Å²) < 4.78 is 0. The topological polar surface area (TPSA) is 84.8 Å². The fourth-order valence-electron chi connectivity index (χ4n) is 2.64. The second kappa shape index (κ2) is 5.57. The number of likely N-dealkylation sites (N-methyl/N-ethyl adjacent to an activating group) is 1. The Hall–Kier alpha value is -2.73. The number of nitro groups is 1. The lowest BCUT2D eigenvalue weighted by Gasteiger charge is -2.20. The van der Waals surface area contributed by atoms with Crippen molar-refractivity contribution in [2.24, 2.45) is 10.7 Å². The van der Waals surface area contributed by atoms with Crippen LogP contribution in [0.4, 0.5) is 11.4 Å². The maximum Gasteiger partial charge on any atom is 0.270 e. The smallest absolute Gasteiger partial charge is 0.270 e. The summed E-state index contributed by atoms with van der Waals surface area (Å²) in [6.45, 7) is 0.557. The Labute approximate surface area is 128 Å². The van der Waals surface area contributed by atoms with E-state index in [0.717, 1.165) is 16.8 Å². The molecule has 2 N–H and O–H groups in total. The first-order valence-corrected chi connectivity index (χ1v) is 6.95. The third kappa shape index (κ3) is 2.56. The van der Waals surface area contributed by atoms with Crippen molar-refractivity contribution < 1.29 is 4.92 Å². The summed E-state index contributed by atoms with van der Waals surface area (Å²) in [5.41, 5.74) is 9.33. The second-order valence-corrected chi connectivity index (χ2v) is 5.25. The molecule has 6 nitrogen and oxygen atoms in total. The van der Waals surface area contributed by atoms with E-state index in [9.17, 15) is 10.1 Å². The number of fused-ring (bicyclic) bond motifs is 1. The summed E-state index contributed by atoms with van der Waals surface area (Å²) in [7, 11) is 1.91. The molecular weight excluding hydrogens is 280 g/mol. The molecule has 1 heterocycles. The van der Waals surface area contributed by atoms with Crippen LogP contribution in [0, 0.1) is 10.1 Å². The second-order valence-electron chi connectivity index (χ2n) is 5.25. The number of nitrogens with two attached hydrogens (primary N) is 1. The van der Waals surface area contributed by atoms with Gasteiger partial charge in [-0.15, -0.1) is 0 Å². The third-order valence-corrected chi connectivity index (χ3v) is 3.66. The highest BCUT2D eigenvalue weighted by Gasteiger charge is 2.23. The number of rotatable bonds is 2. The Bertz CT molecular complexity index is 743. The molecule has 2 aromatic rings. The number of hydrogen-bond acceptors (Lipinski definition) is 5. The highest BCUT2D eigenvalue weighted by Crippen LogP contribution is 2.29. The number of nitrogens with zero attached hydrogens (tertiary/aromatic N) is 3. The minimum absolute atomic E-state index is 0.0475. The lowest BCUT2D eigenvalue weighted by Crippen LogP contribution is -2.32. The predicted octanol–water partition coefficient (Wildman–Crippen LogP) is 2.17. The number of non-ortho nitro benzene ring substituents is 1. The Balaban J connectivity index is 2.23. The predicted molar refractivity (Wildman–Crippen MR) is 86.4 cm³/mol. The average molecular weight is 296 g/mol. The van der Waals surface area contributed by atoms with Gasteiger partial charge in [-0.3, -0.25) is 15.1 Å². The normalized spacial score (nSPS) is 17.5. The average Bonchev–Trinajstić information content (AvgIpc) is 2.64. The van der Waals surface area contributed by atoms with E-state index in [1.807, 2.05) is 42.3 Å². The molecule has 2 aromatic carbocycles. The van der Waals surface area contributed by atoms with Crippen molar-refractivity contribution in [2.45, 2.75) is 6.17 Å². The number of benzene rings is 2. The van der Waals surface area contributed by atoms with E-state index >= 15 is 0 Å². The molecule has 1 aliphatic heterocycles. The molecule has 0 fully saturated rings. The van der Waals surface area contributed by atoms with E-state index in [4.69, 9.17) is 5.73 Å². The number of aliphatic imine (C=N–C) groups is 1. The molecule has 0 bridgehead atoms. The first kappa shape index (κ1) is 14.2. The van der Waals surface area contributed by atoms with Gasteiger partial charge in [0.25, 0.3) is 5.69 Å². The molecule has 0 spiro atoms. The van der Waals surface area contributed by atoms with E-state index in [1.54, 1.807) is 12.1 Å². The number of hydrogen-bond donors (Lipinski definition) is 1. The van der Waals surface area contributed by atoms with Crippen LogP contribution in [0.1, 0.15) is 11.1 Å². The summed E-state index contributed by atoms with van der Waals surface area (Å²) in [6, 6.07) is 14.4. The Kier molecular flexibility index (Phi) is 3.60. The lowest BCUT2D eigenvalue weighted by molar-refractivity contribution is -0.384. The molecule has 0 radical (unpaired) electrons. The maximum absolute atomic E-state index is 11.1. The van der Waals surface area contributed by atoms with Gasteiger partial charge in [-0.1, -0.05) is 30.3 Å². The van der Waals surface area contributed by atoms with Crippen LogP contribution in [0.25, 0.3) is 0 Å². The summed E-state index contributed by atoms with van der Waals surface area (Å²) in [5, 5.41) is 11.1. The zero-order chi connectivity index (χ0) is 15.7. The van der Waals surface area contributed by atoms with Crippen molar-refractivity contribution in [1.82, 2.24) is 0 Å². The molecule has 6 heteroatoms. The molecule has 1 aliphatic rings. The van der Waals surface area contributed by atoms with Crippen LogP contribution in [0.2, 0.25) is 0 Å². The number of benzodiazepines with no additional fused rings is 1. The Morgan fingerprint density at radius 3 is 2.68 bits per heavy atom. The summed E-state index contributed by atoms with van der Waals surface area (Å²) in [5.74, 6) is 0. The minimum Gasteiger partial charge on any atom is -0.371 e. The third-order valence-electron chi connectivity index (χ3n) is 3.66. The molecule has 1 atom stereocenters. The summed E-state index contributed by atoms with van der Waals surface area (Å²) in [6.07, 6.45) is -0.383. The Morgan fingerprint density at radius 2 is 2.00 bits per heavy atom. The van der Waals surface area contributed by atoms with E-state index in [2.05, 4.69) is 4.99 Å². The van der Waals surface area contributed by atoms with Gasteiger partial charge in [0.2, 0.25) is 0 Å². The van der Waals surface area contributed by atoms with Gasteiger partial charge in [-0.2, -0.15) is 0 Å². The van der Waals surface area contributed by atoms with Crippen LogP contribution in [0.3, 0.4) is 0 Å². The van der Waals surface area contributed by atoms with E-state index in [-0.39, 0.29) is 11.9 Å². The fraction of sp³-hybridized carbons (Fsp3) is 0.188. The van der Waals surface area contributed by atoms with Crippen LogP contribution in [0.15, 0.2) is 53.5 Å². The Morgan fingerprint density at radius 1 is 1.27 bits per heavy atom. The first-order valence-electron chi connectivity index (χ1n) is 6.95. The summed E-state index contributed by atoms with van der Waals surface area (Å²) >= 11 is 0. The molecule has 1 unspecified atom stereocenters. The molecule has 0 aliphatic carbocycles. The van der Waals surface area contributed by atoms with Gasteiger partial charge in [0.15, 0.2) is 0 Å². The molecule has 22 heavy (non-hydrogen) atoms. The summed E-state index contributed by atoms with van der Waals surface area (Å²) in [4.78, 5) is 17.2. The molecule has 3 rings (SSSR count). The van der Waals surface area contributed by atoms with Gasteiger partial charge in [0, 0.05) is 36.0 Å². The van der Waals surface area contributed by atoms with Gasteiger partial charge in [0.1, 0.15) is 6.17 Å². The van der Waals surface area contributed by atoms with Gasteiger partial charge >= 0.3 is 0 Å². The van der Waals surface area contributed by atoms with Crippen molar-refractivity contribution in [2.75, 3.05) is 18.5 Å². The fourth-order valence-corrected chi connectivity index (χ4v) is 2.64. The van der Waals surface area contributed by atoms with Crippen LogP contribution in [-0.2, 0) is 0 Å². The number of nitro benzene ring substituents is 1. The van der Waals surface area contributed by atoms with Crippen LogP contribution < -0.4 is 10.6 Å². The van der Waals surface area contributed by atoms with E-state index in [1.165, 1.54) is 6.07 Å².